The van der Waals surface area contributed by atoms with E-state index in [1.54, 1.807) is 24.3 Å². The molecule has 122 valence electrons. The normalized spacial score (nSPS) is 18.0. The Morgan fingerprint density at radius 3 is 2.78 bits per heavy atom. The number of carbonyl (C=O) groups is 1. The lowest BCUT2D eigenvalue weighted by Crippen LogP contribution is -2.46. The number of carbonyl (C=O) groups excluding carboxylic acids is 1. The monoisotopic (exact) mass is 316 g/mol. The average molecular weight is 316 g/mol. The van der Waals surface area contributed by atoms with Crippen molar-refractivity contribution in [1.29, 1.82) is 0 Å². The smallest absolute Gasteiger partial charge is 0.273 e. The molecule has 1 aliphatic rings. The zero-order valence-electron chi connectivity index (χ0n) is 12.8. The Bertz CT molecular complexity index is 818. The number of nitrogens with one attached hydrogen (secondary N) is 3. The van der Waals surface area contributed by atoms with Gasteiger partial charge in [0.1, 0.15) is 0 Å². The van der Waals surface area contributed by atoms with E-state index in [1.807, 2.05) is 0 Å². The van der Waals surface area contributed by atoms with Gasteiger partial charge in [-0.25, -0.2) is 4.68 Å². The van der Waals surface area contributed by atoms with Gasteiger partial charge in [0.25, 0.3) is 11.1 Å². The van der Waals surface area contributed by atoms with Crippen molar-refractivity contribution in [2.45, 2.75) is 31.8 Å². The molecule has 0 aliphatic carbocycles. The Labute approximate surface area is 132 Å². The molecule has 0 saturated carbocycles. The van der Waals surface area contributed by atoms with Crippen LogP contribution in [0, 0.1) is 0 Å². The van der Waals surface area contributed by atoms with Gasteiger partial charge in [-0.05, 0) is 31.5 Å². The highest BCUT2D eigenvalue weighted by Crippen LogP contribution is 2.03. The number of hydrogen-bond acceptors (Lipinski definition) is 4. The highest BCUT2D eigenvalue weighted by Gasteiger charge is 2.15. The Balaban J connectivity index is 1.69. The summed E-state index contributed by atoms with van der Waals surface area (Å²) in [5.41, 5.74) is -0.607. The number of H-pyrrole nitrogens is 1. The quantitative estimate of drug-likeness (QED) is 0.737. The maximum Gasteiger partial charge on any atom is 0.273 e. The van der Waals surface area contributed by atoms with Crippen LogP contribution in [0.15, 0.2) is 33.9 Å². The standard InChI is InChI=1S/C16H20N4O3/c21-14(18-11-4-3-8-17-10-11)7-9-20-16(23)13-6-2-1-5-12(13)15(22)19-20/h1-2,5-6,11,17H,3-4,7-10H2,(H,18,21)(H,19,22)/t11-/m0/s1. The Hall–Kier alpha value is -2.41. The van der Waals surface area contributed by atoms with Crippen LogP contribution in [0.2, 0.25) is 0 Å². The predicted molar refractivity (Wildman–Crippen MR) is 87.5 cm³/mol. The molecule has 0 radical (unpaired) electrons. The van der Waals surface area contributed by atoms with E-state index in [-0.39, 0.29) is 36.0 Å². The third-order valence-corrected chi connectivity index (χ3v) is 4.11. The van der Waals surface area contributed by atoms with Gasteiger partial charge >= 0.3 is 0 Å². The molecule has 1 aromatic heterocycles. The summed E-state index contributed by atoms with van der Waals surface area (Å²) >= 11 is 0. The van der Waals surface area contributed by atoms with E-state index >= 15 is 0 Å². The van der Waals surface area contributed by atoms with Crippen LogP contribution in [0.3, 0.4) is 0 Å². The fourth-order valence-corrected chi connectivity index (χ4v) is 2.89. The molecule has 7 nitrogen and oxygen atoms in total. The Morgan fingerprint density at radius 1 is 1.26 bits per heavy atom. The summed E-state index contributed by atoms with van der Waals surface area (Å²) in [7, 11) is 0. The molecule has 1 saturated heterocycles. The number of aryl methyl sites for hydroxylation is 1. The number of fused-ring (bicyclic) bond motifs is 1. The van der Waals surface area contributed by atoms with Crippen molar-refractivity contribution in [3.63, 3.8) is 0 Å². The molecule has 1 aliphatic heterocycles. The van der Waals surface area contributed by atoms with Gasteiger partial charge in [0.2, 0.25) is 5.91 Å². The van der Waals surface area contributed by atoms with E-state index in [1.165, 1.54) is 4.68 Å². The lowest BCUT2D eigenvalue weighted by molar-refractivity contribution is -0.122. The van der Waals surface area contributed by atoms with Crippen LogP contribution >= 0.6 is 0 Å². The van der Waals surface area contributed by atoms with Crippen LogP contribution < -0.4 is 21.8 Å². The van der Waals surface area contributed by atoms with Crippen molar-refractivity contribution < 1.29 is 4.79 Å². The summed E-state index contributed by atoms with van der Waals surface area (Å²) < 4.78 is 1.21. The second-order valence-electron chi connectivity index (χ2n) is 5.80. The number of amides is 1. The topological polar surface area (TPSA) is 96.0 Å². The van der Waals surface area contributed by atoms with Crippen molar-refractivity contribution in [2.75, 3.05) is 13.1 Å². The third kappa shape index (κ3) is 3.50. The first-order valence-electron chi connectivity index (χ1n) is 7.87. The second-order valence-corrected chi connectivity index (χ2v) is 5.80. The summed E-state index contributed by atoms with van der Waals surface area (Å²) in [5.74, 6) is -0.111. The third-order valence-electron chi connectivity index (χ3n) is 4.11. The first kappa shape index (κ1) is 15.5. The summed E-state index contributed by atoms with van der Waals surface area (Å²) in [6.07, 6.45) is 2.17. The SMILES string of the molecule is O=C(CCn1[nH]c(=O)c2ccccc2c1=O)N[C@H]1CCCNC1. The lowest BCUT2D eigenvalue weighted by atomic mass is 10.1. The number of hydrogen-bond donors (Lipinski definition) is 3. The first-order chi connectivity index (χ1) is 11.1. The molecular weight excluding hydrogens is 296 g/mol. The maximum atomic E-state index is 12.3. The molecule has 0 spiro atoms. The van der Waals surface area contributed by atoms with Crippen LogP contribution in [-0.4, -0.2) is 34.8 Å². The molecule has 1 atom stereocenters. The summed E-state index contributed by atoms with van der Waals surface area (Å²) in [5, 5.41) is 9.45. The summed E-state index contributed by atoms with van der Waals surface area (Å²) in [6.45, 7) is 1.92. The molecule has 0 unspecified atom stereocenters. The molecule has 1 aromatic carbocycles. The minimum Gasteiger partial charge on any atom is -0.352 e. The zero-order valence-corrected chi connectivity index (χ0v) is 12.8. The van der Waals surface area contributed by atoms with E-state index in [0.717, 1.165) is 25.9 Å². The van der Waals surface area contributed by atoms with Gasteiger partial charge in [0.15, 0.2) is 0 Å². The van der Waals surface area contributed by atoms with Gasteiger partial charge in [-0.1, -0.05) is 12.1 Å². The number of benzene rings is 1. The Kier molecular flexibility index (Phi) is 4.57. The maximum absolute atomic E-state index is 12.3. The molecular formula is C16H20N4O3. The summed E-state index contributed by atoms with van der Waals surface area (Å²) in [6, 6.07) is 6.81. The molecule has 2 aromatic rings. The highest BCUT2D eigenvalue weighted by atomic mass is 16.2. The van der Waals surface area contributed by atoms with E-state index in [0.29, 0.717) is 10.8 Å². The number of rotatable bonds is 4. The van der Waals surface area contributed by atoms with Crippen LogP contribution in [0.4, 0.5) is 0 Å². The molecule has 1 fully saturated rings. The van der Waals surface area contributed by atoms with E-state index in [2.05, 4.69) is 15.7 Å². The zero-order chi connectivity index (χ0) is 16.2. The Morgan fingerprint density at radius 2 is 2.04 bits per heavy atom. The van der Waals surface area contributed by atoms with Gasteiger partial charge in [0.05, 0.1) is 17.3 Å². The van der Waals surface area contributed by atoms with Crippen molar-refractivity contribution in [3.8, 4) is 0 Å². The fourth-order valence-electron chi connectivity index (χ4n) is 2.89. The van der Waals surface area contributed by atoms with Crippen molar-refractivity contribution in [2.24, 2.45) is 0 Å². The first-order valence-corrected chi connectivity index (χ1v) is 7.87. The van der Waals surface area contributed by atoms with Gasteiger partial charge in [0, 0.05) is 19.0 Å². The van der Waals surface area contributed by atoms with Gasteiger partial charge in [-0.3, -0.25) is 19.5 Å². The van der Waals surface area contributed by atoms with Crippen LogP contribution in [-0.2, 0) is 11.3 Å². The minimum absolute atomic E-state index is 0.111. The molecule has 0 bridgehead atoms. The second kappa shape index (κ2) is 6.78. The van der Waals surface area contributed by atoms with Gasteiger partial charge < -0.3 is 10.6 Å². The molecule has 7 heteroatoms. The minimum atomic E-state index is -0.322. The number of nitrogens with zero attached hydrogens (tertiary/aromatic N) is 1. The van der Waals surface area contributed by atoms with Gasteiger partial charge in [-0.15, -0.1) is 0 Å². The molecule has 3 N–H and O–H groups in total. The fraction of sp³-hybridized carbons (Fsp3) is 0.438. The van der Waals surface area contributed by atoms with Crippen LogP contribution in [0.1, 0.15) is 19.3 Å². The van der Waals surface area contributed by atoms with Crippen LogP contribution in [0.25, 0.3) is 10.8 Å². The van der Waals surface area contributed by atoms with E-state index < -0.39 is 0 Å². The van der Waals surface area contributed by atoms with Gasteiger partial charge in [-0.2, -0.15) is 0 Å². The molecule has 1 amide bonds. The largest absolute Gasteiger partial charge is 0.352 e. The van der Waals surface area contributed by atoms with E-state index in [9.17, 15) is 14.4 Å². The number of aromatic amines is 1. The number of aromatic nitrogens is 2. The van der Waals surface area contributed by atoms with Crippen LogP contribution in [0.5, 0.6) is 0 Å². The number of piperidine rings is 1. The lowest BCUT2D eigenvalue weighted by Gasteiger charge is -2.23. The van der Waals surface area contributed by atoms with Crippen molar-refractivity contribution in [3.05, 3.63) is 45.0 Å². The predicted octanol–water partition coefficient (Wildman–Crippen LogP) is -0.0519. The average Bonchev–Trinajstić information content (AvgIpc) is 2.58. The molecule has 3 rings (SSSR count). The summed E-state index contributed by atoms with van der Waals surface area (Å²) in [4.78, 5) is 36.3. The van der Waals surface area contributed by atoms with E-state index in [4.69, 9.17) is 0 Å². The van der Waals surface area contributed by atoms with Crippen molar-refractivity contribution >= 4 is 16.7 Å². The molecule has 23 heavy (non-hydrogen) atoms. The van der Waals surface area contributed by atoms with Crippen molar-refractivity contribution in [1.82, 2.24) is 20.4 Å². The highest BCUT2D eigenvalue weighted by molar-refractivity contribution is 5.80. The molecule has 2 heterocycles.